The molecular formula is C15H23N3O2S. The van der Waals surface area contributed by atoms with Crippen molar-refractivity contribution in [1.29, 1.82) is 0 Å². The second-order valence-electron chi connectivity index (χ2n) is 6.14. The molecule has 2 heterocycles. The predicted octanol–water partition coefficient (Wildman–Crippen LogP) is 1.51. The first-order valence-electron chi connectivity index (χ1n) is 7.61. The van der Waals surface area contributed by atoms with Crippen LogP contribution < -0.4 is 10.5 Å². The van der Waals surface area contributed by atoms with Crippen molar-refractivity contribution in [3.8, 4) is 0 Å². The first-order chi connectivity index (χ1) is 10.0. The Morgan fingerprint density at radius 3 is 2.62 bits per heavy atom. The Balaban J connectivity index is 1.63. The lowest BCUT2D eigenvalue weighted by Crippen LogP contribution is -2.41. The maximum Gasteiger partial charge on any atom is 0.213 e. The van der Waals surface area contributed by atoms with Gasteiger partial charge in [0, 0.05) is 24.3 Å². The summed E-state index contributed by atoms with van der Waals surface area (Å²) in [6, 6.07) is 8.73. The van der Waals surface area contributed by atoms with E-state index in [-0.39, 0.29) is 5.75 Å². The van der Waals surface area contributed by atoms with E-state index in [1.807, 2.05) is 24.3 Å². The highest BCUT2D eigenvalue weighted by Gasteiger charge is 2.35. The largest absolute Gasteiger partial charge is 0.381 e. The number of anilines is 1. The molecule has 6 heteroatoms. The van der Waals surface area contributed by atoms with Gasteiger partial charge >= 0.3 is 0 Å². The summed E-state index contributed by atoms with van der Waals surface area (Å²) in [6.45, 7) is 2.42. The summed E-state index contributed by atoms with van der Waals surface area (Å²) in [6.07, 6.45) is 5.11. The number of hydrogen-bond donors (Lipinski definition) is 2. The molecule has 0 bridgehead atoms. The standard InChI is InChI=1S/C15H23N3O2S/c16-21(19,20)11-12-4-6-13(7-5-12)17-14-8-10-18-9-2-1-3-15(14)18/h4-7,14-15,17H,1-3,8-11H2,(H2,16,19,20). The third-order valence-electron chi connectivity index (χ3n) is 4.53. The second kappa shape index (κ2) is 5.94. The van der Waals surface area contributed by atoms with Gasteiger partial charge in [-0.1, -0.05) is 18.6 Å². The lowest BCUT2D eigenvalue weighted by molar-refractivity contribution is 0.193. The molecule has 116 valence electrons. The fourth-order valence-electron chi connectivity index (χ4n) is 3.56. The number of nitrogens with zero attached hydrogens (tertiary/aromatic N) is 1. The summed E-state index contributed by atoms with van der Waals surface area (Å²) in [5.41, 5.74) is 1.79. The van der Waals surface area contributed by atoms with Crippen LogP contribution in [0.2, 0.25) is 0 Å². The first-order valence-corrected chi connectivity index (χ1v) is 9.33. The second-order valence-corrected chi connectivity index (χ2v) is 7.76. The predicted molar refractivity (Wildman–Crippen MR) is 84.5 cm³/mol. The van der Waals surface area contributed by atoms with Gasteiger partial charge in [0.1, 0.15) is 0 Å². The number of piperidine rings is 1. The van der Waals surface area contributed by atoms with Gasteiger partial charge in [-0.25, -0.2) is 13.6 Å². The minimum atomic E-state index is -3.46. The average molecular weight is 309 g/mol. The molecule has 1 aromatic carbocycles. The molecule has 2 atom stereocenters. The Morgan fingerprint density at radius 2 is 1.90 bits per heavy atom. The molecular weight excluding hydrogens is 286 g/mol. The van der Waals surface area contributed by atoms with Crippen LogP contribution in [-0.2, 0) is 15.8 Å². The van der Waals surface area contributed by atoms with Gasteiger partial charge in [-0.05, 0) is 43.5 Å². The molecule has 5 nitrogen and oxygen atoms in total. The number of hydrogen-bond acceptors (Lipinski definition) is 4. The molecule has 3 N–H and O–H groups in total. The Hall–Kier alpha value is -1.11. The van der Waals surface area contributed by atoms with Gasteiger partial charge in [0.25, 0.3) is 0 Å². The van der Waals surface area contributed by atoms with Crippen molar-refractivity contribution >= 4 is 15.7 Å². The summed E-state index contributed by atoms with van der Waals surface area (Å²) in [5.74, 6) is -0.104. The van der Waals surface area contributed by atoms with Crippen LogP contribution >= 0.6 is 0 Å². The van der Waals surface area contributed by atoms with E-state index in [1.54, 1.807) is 0 Å². The summed E-state index contributed by atoms with van der Waals surface area (Å²) < 4.78 is 22.2. The van der Waals surface area contributed by atoms with Crippen LogP contribution in [0.15, 0.2) is 24.3 Å². The normalized spacial score (nSPS) is 26.5. The number of benzene rings is 1. The van der Waals surface area contributed by atoms with Gasteiger partial charge in [-0.15, -0.1) is 0 Å². The molecule has 3 rings (SSSR count). The molecule has 0 amide bonds. The van der Waals surface area contributed by atoms with E-state index in [9.17, 15) is 8.42 Å². The van der Waals surface area contributed by atoms with Crippen molar-refractivity contribution in [2.75, 3.05) is 18.4 Å². The number of sulfonamides is 1. The van der Waals surface area contributed by atoms with Crippen LogP contribution in [0.5, 0.6) is 0 Å². The number of primary sulfonamides is 1. The topological polar surface area (TPSA) is 75.4 Å². The zero-order valence-corrected chi connectivity index (χ0v) is 13.0. The Kier molecular flexibility index (Phi) is 4.19. The van der Waals surface area contributed by atoms with Crippen LogP contribution in [0.3, 0.4) is 0 Å². The summed E-state index contributed by atoms with van der Waals surface area (Å²) in [4.78, 5) is 2.59. The van der Waals surface area contributed by atoms with Gasteiger partial charge in [0.05, 0.1) is 5.75 Å². The third-order valence-corrected chi connectivity index (χ3v) is 5.27. The van der Waals surface area contributed by atoms with E-state index in [4.69, 9.17) is 5.14 Å². The fraction of sp³-hybridized carbons (Fsp3) is 0.600. The maximum atomic E-state index is 11.1. The molecule has 0 aromatic heterocycles. The molecule has 1 aromatic rings. The third kappa shape index (κ3) is 3.75. The van der Waals surface area contributed by atoms with Crippen molar-refractivity contribution < 1.29 is 8.42 Å². The summed E-state index contributed by atoms with van der Waals surface area (Å²) in [7, 11) is -3.46. The van der Waals surface area contributed by atoms with E-state index >= 15 is 0 Å². The monoisotopic (exact) mass is 309 g/mol. The molecule has 2 aliphatic rings. The van der Waals surface area contributed by atoms with E-state index in [0.29, 0.717) is 12.1 Å². The fourth-order valence-corrected chi connectivity index (χ4v) is 4.22. The quantitative estimate of drug-likeness (QED) is 0.884. The van der Waals surface area contributed by atoms with Gasteiger partial charge in [0.15, 0.2) is 0 Å². The minimum Gasteiger partial charge on any atom is -0.381 e. The van der Waals surface area contributed by atoms with E-state index in [2.05, 4.69) is 10.2 Å². The lowest BCUT2D eigenvalue weighted by Gasteiger charge is -2.33. The molecule has 0 radical (unpaired) electrons. The first kappa shape index (κ1) is 14.8. The van der Waals surface area contributed by atoms with Crippen molar-refractivity contribution in [1.82, 2.24) is 4.90 Å². The van der Waals surface area contributed by atoms with Crippen LogP contribution in [0.4, 0.5) is 5.69 Å². The Labute approximate surface area is 126 Å². The number of fused-ring (bicyclic) bond motifs is 1. The minimum absolute atomic E-state index is 0.104. The van der Waals surface area contributed by atoms with Crippen LogP contribution in [0, 0.1) is 0 Å². The smallest absolute Gasteiger partial charge is 0.213 e. The summed E-state index contributed by atoms with van der Waals surface area (Å²) in [5, 5.41) is 8.67. The van der Waals surface area contributed by atoms with Crippen LogP contribution in [0.1, 0.15) is 31.2 Å². The molecule has 0 saturated carbocycles. The Bertz CT molecular complexity index is 585. The zero-order chi connectivity index (χ0) is 14.9. The molecule has 0 spiro atoms. The van der Waals surface area contributed by atoms with Crippen molar-refractivity contribution in [2.45, 2.75) is 43.5 Å². The average Bonchev–Trinajstić information content (AvgIpc) is 2.83. The molecule has 2 aliphatic heterocycles. The van der Waals surface area contributed by atoms with Crippen molar-refractivity contribution in [2.24, 2.45) is 5.14 Å². The molecule has 0 aliphatic carbocycles. The zero-order valence-electron chi connectivity index (χ0n) is 12.2. The molecule has 21 heavy (non-hydrogen) atoms. The molecule has 2 fully saturated rings. The van der Waals surface area contributed by atoms with Crippen molar-refractivity contribution in [3.05, 3.63) is 29.8 Å². The van der Waals surface area contributed by atoms with Gasteiger partial charge in [-0.2, -0.15) is 0 Å². The van der Waals surface area contributed by atoms with E-state index in [0.717, 1.165) is 11.3 Å². The summed E-state index contributed by atoms with van der Waals surface area (Å²) >= 11 is 0. The number of rotatable bonds is 4. The van der Waals surface area contributed by atoms with E-state index < -0.39 is 10.0 Å². The van der Waals surface area contributed by atoms with Gasteiger partial charge in [0.2, 0.25) is 10.0 Å². The van der Waals surface area contributed by atoms with Crippen LogP contribution in [-0.4, -0.2) is 38.5 Å². The Morgan fingerprint density at radius 1 is 1.14 bits per heavy atom. The SMILES string of the molecule is NS(=O)(=O)Cc1ccc(NC2CCN3CCCCC23)cc1. The maximum absolute atomic E-state index is 11.1. The number of nitrogens with two attached hydrogens (primary N) is 1. The molecule has 2 unspecified atom stereocenters. The molecule has 2 saturated heterocycles. The lowest BCUT2D eigenvalue weighted by atomic mass is 9.99. The highest BCUT2D eigenvalue weighted by molar-refractivity contribution is 7.88. The van der Waals surface area contributed by atoms with Gasteiger partial charge in [-0.3, -0.25) is 4.90 Å². The number of nitrogens with one attached hydrogen (secondary N) is 1. The van der Waals surface area contributed by atoms with Crippen LogP contribution in [0.25, 0.3) is 0 Å². The highest BCUT2D eigenvalue weighted by atomic mass is 32.2. The highest BCUT2D eigenvalue weighted by Crippen LogP contribution is 2.29. The van der Waals surface area contributed by atoms with E-state index in [1.165, 1.54) is 38.8 Å². The van der Waals surface area contributed by atoms with Gasteiger partial charge < -0.3 is 5.32 Å². The van der Waals surface area contributed by atoms with Crippen molar-refractivity contribution in [3.63, 3.8) is 0 Å².